The molecule has 0 aliphatic carbocycles. The van der Waals surface area contributed by atoms with Gasteiger partial charge in [-0.2, -0.15) is 5.10 Å². The maximum atomic E-state index is 11.5. The van der Waals surface area contributed by atoms with Crippen LogP contribution in [0, 0.1) is 0 Å². The first kappa shape index (κ1) is 13.4. The Morgan fingerprint density at radius 3 is 3.00 bits per heavy atom. The lowest BCUT2D eigenvalue weighted by Gasteiger charge is -2.04. The van der Waals surface area contributed by atoms with Crippen molar-refractivity contribution in [3.05, 3.63) is 28.9 Å². The van der Waals surface area contributed by atoms with Gasteiger partial charge in [-0.05, 0) is 12.5 Å². The van der Waals surface area contributed by atoms with E-state index < -0.39 is 5.97 Å². The third-order valence-corrected chi connectivity index (χ3v) is 3.34. The largest absolute Gasteiger partial charge is 0.481 e. The molecule has 19 heavy (non-hydrogen) atoms. The molecule has 0 radical (unpaired) electrons. The van der Waals surface area contributed by atoms with Gasteiger partial charge in [0, 0.05) is 25.5 Å². The van der Waals surface area contributed by atoms with Gasteiger partial charge >= 0.3 is 11.7 Å². The summed E-state index contributed by atoms with van der Waals surface area (Å²) in [7, 11) is 0. The van der Waals surface area contributed by atoms with Crippen LogP contribution in [0.2, 0.25) is 0 Å². The molecule has 0 bridgehead atoms. The Bertz CT molecular complexity index is 589. The summed E-state index contributed by atoms with van der Waals surface area (Å²) in [6.07, 6.45) is 4.25. The molecule has 0 saturated carbocycles. The SMILES string of the molecule is O=C(O)CSc1n[nH]c(=O)n1CCCn1cccn1. The van der Waals surface area contributed by atoms with E-state index in [2.05, 4.69) is 15.3 Å². The first-order chi connectivity index (χ1) is 9.16. The average Bonchev–Trinajstić information content (AvgIpc) is 2.99. The minimum absolute atomic E-state index is 0.122. The Hall–Kier alpha value is -2.03. The summed E-state index contributed by atoms with van der Waals surface area (Å²) in [6.45, 7) is 1.16. The number of hydrogen-bond donors (Lipinski definition) is 2. The molecule has 2 heterocycles. The van der Waals surface area contributed by atoms with Gasteiger partial charge in [-0.15, -0.1) is 5.10 Å². The minimum Gasteiger partial charge on any atom is -0.481 e. The molecule has 2 N–H and O–H groups in total. The smallest absolute Gasteiger partial charge is 0.343 e. The number of carbonyl (C=O) groups is 1. The first-order valence-electron chi connectivity index (χ1n) is 5.64. The first-order valence-corrected chi connectivity index (χ1v) is 6.62. The van der Waals surface area contributed by atoms with Crippen molar-refractivity contribution in [2.75, 3.05) is 5.75 Å². The molecule has 0 spiro atoms. The van der Waals surface area contributed by atoms with Crippen LogP contribution in [-0.2, 0) is 17.9 Å². The molecule has 0 atom stereocenters. The fourth-order valence-corrected chi connectivity index (χ4v) is 2.25. The summed E-state index contributed by atoms with van der Waals surface area (Å²) in [5.41, 5.74) is -0.326. The predicted octanol–water partition coefficient (Wildman–Crippen LogP) is 0.0349. The van der Waals surface area contributed by atoms with Gasteiger partial charge in [0.25, 0.3) is 0 Å². The van der Waals surface area contributed by atoms with Crippen LogP contribution < -0.4 is 5.69 Å². The van der Waals surface area contributed by atoms with E-state index in [1.165, 1.54) is 4.57 Å². The van der Waals surface area contributed by atoms with Crippen LogP contribution in [0.3, 0.4) is 0 Å². The molecule has 0 aliphatic rings. The van der Waals surface area contributed by atoms with Gasteiger partial charge in [-0.25, -0.2) is 9.89 Å². The maximum Gasteiger partial charge on any atom is 0.343 e. The zero-order chi connectivity index (χ0) is 13.7. The standard InChI is InChI=1S/C10H13N5O3S/c16-8(17)7-19-10-13-12-9(18)15(10)6-2-5-14-4-1-3-11-14/h1,3-4H,2,5-7H2,(H,12,18)(H,16,17). The second-order valence-electron chi connectivity index (χ2n) is 3.77. The van der Waals surface area contributed by atoms with E-state index in [9.17, 15) is 9.59 Å². The van der Waals surface area contributed by atoms with Crippen molar-refractivity contribution in [2.24, 2.45) is 0 Å². The number of nitrogens with one attached hydrogen (secondary N) is 1. The highest BCUT2D eigenvalue weighted by molar-refractivity contribution is 7.99. The van der Waals surface area contributed by atoms with E-state index in [0.717, 1.165) is 11.8 Å². The molecule has 2 aromatic rings. The number of carboxylic acid groups (broad SMARTS) is 1. The summed E-state index contributed by atoms with van der Waals surface area (Å²) in [5, 5.41) is 19.2. The third kappa shape index (κ3) is 3.71. The van der Waals surface area contributed by atoms with E-state index in [-0.39, 0.29) is 11.4 Å². The minimum atomic E-state index is -0.941. The van der Waals surface area contributed by atoms with E-state index >= 15 is 0 Å². The summed E-state index contributed by atoms with van der Waals surface area (Å²) in [4.78, 5) is 22.0. The predicted molar refractivity (Wildman–Crippen MR) is 68.1 cm³/mol. The van der Waals surface area contributed by atoms with Crippen LogP contribution in [0.1, 0.15) is 6.42 Å². The summed E-state index contributed by atoms with van der Waals surface area (Å²) >= 11 is 1.02. The molecule has 0 saturated heterocycles. The van der Waals surface area contributed by atoms with Gasteiger partial charge in [-0.1, -0.05) is 11.8 Å². The Morgan fingerprint density at radius 2 is 2.32 bits per heavy atom. The molecule has 2 aromatic heterocycles. The summed E-state index contributed by atoms with van der Waals surface area (Å²) in [5.74, 6) is -1.06. The molecule has 2 rings (SSSR count). The number of carboxylic acids is 1. The van der Waals surface area contributed by atoms with Crippen molar-refractivity contribution < 1.29 is 9.90 Å². The van der Waals surface area contributed by atoms with Gasteiger partial charge in [0.05, 0.1) is 5.75 Å². The van der Waals surface area contributed by atoms with E-state index in [1.807, 2.05) is 12.3 Å². The molecule has 0 fully saturated rings. The Morgan fingerprint density at radius 1 is 1.47 bits per heavy atom. The highest BCUT2D eigenvalue weighted by atomic mass is 32.2. The molecular weight excluding hydrogens is 270 g/mol. The third-order valence-electron chi connectivity index (χ3n) is 2.38. The highest BCUT2D eigenvalue weighted by Crippen LogP contribution is 2.12. The number of aliphatic carboxylic acids is 1. The number of aromatic nitrogens is 5. The second-order valence-corrected chi connectivity index (χ2v) is 4.71. The summed E-state index contributed by atoms with van der Waals surface area (Å²) < 4.78 is 3.21. The second kappa shape index (κ2) is 6.23. The quantitative estimate of drug-likeness (QED) is 0.695. The molecule has 0 aromatic carbocycles. The fraction of sp³-hybridized carbons (Fsp3) is 0.400. The lowest BCUT2D eigenvalue weighted by Crippen LogP contribution is -2.19. The van der Waals surface area contributed by atoms with Crippen LogP contribution >= 0.6 is 11.8 Å². The van der Waals surface area contributed by atoms with Crippen molar-refractivity contribution >= 4 is 17.7 Å². The maximum absolute atomic E-state index is 11.5. The normalized spacial score (nSPS) is 10.7. The van der Waals surface area contributed by atoms with Crippen molar-refractivity contribution in [3.8, 4) is 0 Å². The van der Waals surface area contributed by atoms with Gasteiger partial charge in [-0.3, -0.25) is 14.0 Å². The highest BCUT2D eigenvalue weighted by Gasteiger charge is 2.10. The molecule has 9 heteroatoms. The number of hydrogen-bond acceptors (Lipinski definition) is 5. The van der Waals surface area contributed by atoms with Crippen LogP contribution in [0.25, 0.3) is 0 Å². The average molecular weight is 283 g/mol. The number of aryl methyl sites for hydroxylation is 1. The van der Waals surface area contributed by atoms with Crippen LogP contribution in [0.5, 0.6) is 0 Å². The number of aromatic amines is 1. The Kier molecular flexibility index (Phi) is 4.39. The van der Waals surface area contributed by atoms with Crippen molar-refractivity contribution in [1.82, 2.24) is 24.5 Å². The number of nitrogens with zero attached hydrogens (tertiary/aromatic N) is 4. The zero-order valence-electron chi connectivity index (χ0n) is 10.0. The van der Waals surface area contributed by atoms with E-state index in [1.54, 1.807) is 10.9 Å². The van der Waals surface area contributed by atoms with Crippen LogP contribution in [0.4, 0.5) is 0 Å². The number of thioether (sulfide) groups is 1. The lowest BCUT2D eigenvalue weighted by molar-refractivity contribution is -0.133. The Balaban J connectivity index is 1.93. The monoisotopic (exact) mass is 283 g/mol. The van der Waals surface area contributed by atoms with Crippen LogP contribution in [-0.4, -0.2) is 41.4 Å². The molecule has 102 valence electrons. The van der Waals surface area contributed by atoms with E-state index in [4.69, 9.17) is 5.11 Å². The number of rotatable bonds is 7. The molecular formula is C10H13N5O3S. The van der Waals surface area contributed by atoms with Gasteiger partial charge in [0.15, 0.2) is 5.16 Å². The fourth-order valence-electron chi connectivity index (χ4n) is 1.56. The molecule has 0 amide bonds. The number of H-pyrrole nitrogens is 1. The lowest BCUT2D eigenvalue weighted by atomic mass is 10.4. The van der Waals surface area contributed by atoms with Gasteiger partial charge < -0.3 is 5.11 Å². The van der Waals surface area contributed by atoms with Gasteiger partial charge in [0.1, 0.15) is 0 Å². The van der Waals surface area contributed by atoms with Crippen molar-refractivity contribution in [3.63, 3.8) is 0 Å². The summed E-state index contributed by atoms with van der Waals surface area (Å²) in [6, 6.07) is 1.83. The van der Waals surface area contributed by atoms with Crippen molar-refractivity contribution in [2.45, 2.75) is 24.7 Å². The van der Waals surface area contributed by atoms with Gasteiger partial charge in [0.2, 0.25) is 0 Å². The molecule has 0 unspecified atom stereocenters. The molecule has 8 nitrogen and oxygen atoms in total. The Labute approximate surface area is 112 Å². The van der Waals surface area contributed by atoms with E-state index in [0.29, 0.717) is 24.7 Å². The van der Waals surface area contributed by atoms with Crippen LogP contribution in [0.15, 0.2) is 28.4 Å². The topological polar surface area (TPSA) is 106 Å². The van der Waals surface area contributed by atoms with Crippen molar-refractivity contribution in [1.29, 1.82) is 0 Å². The molecule has 0 aliphatic heterocycles. The zero-order valence-corrected chi connectivity index (χ0v) is 10.8.